The zero-order valence-corrected chi connectivity index (χ0v) is 9.21. The molecule has 0 aliphatic carbocycles. The summed E-state index contributed by atoms with van der Waals surface area (Å²) in [6, 6.07) is 3.73. The highest BCUT2D eigenvalue weighted by Crippen LogP contribution is 2.18. The molecule has 5 nitrogen and oxygen atoms in total. The first kappa shape index (κ1) is 9.85. The summed E-state index contributed by atoms with van der Waals surface area (Å²) in [4.78, 5) is 12.8. The molecule has 0 aliphatic heterocycles. The minimum Gasteiger partial charge on any atom is -0.324 e. The fraction of sp³-hybridized carbons (Fsp3) is 0.222. The average Bonchev–Trinajstić information content (AvgIpc) is 2.71. The van der Waals surface area contributed by atoms with Crippen LogP contribution in [0.15, 0.2) is 22.3 Å². The smallest absolute Gasteiger partial charge is 0.299 e. The summed E-state index contributed by atoms with van der Waals surface area (Å²) in [5.74, 6) is 0.544. The van der Waals surface area contributed by atoms with Gasteiger partial charge in [0.25, 0.3) is 5.56 Å². The van der Waals surface area contributed by atoms with Crippen molar-refractivity contribution in [3.05, 3.63) is 33.7 Å². The zero-order chi connectivity index (χ0) is 10.8. The van der Waals surface area contributed by atoms with Gasteiger partial charge in [0.05, 0.1) is 4.88 Å². The van der Waals surface area contributed by atoms with E-state index in [2.05, 4.69) is 15.6 Å². The molecule has 0 radical (unpaired) electrons. The summed E-state index contributed by atoms with van der Waals surface area (Å²) in [5.41, 5.74) is 2.98. The third-order valence-electron chi connectivity index (χ3n) is 2.00. The summed E-state index contributed by atoms with van der Waals surface area (Å²) in [6.45, 7) is 1.73. The van der Waals surface area contributed by atoms with Crippen LogP contribution in [-0.4, -0.2) is 21.9 Å². The van der Waals surface area contributed by atoms with E-state index in [0.717, 1.165) is 4.88 Å². The molecule has 6 heteroatoms. The van der Waals surface area contributed by atoms with Gasteiger partial charge in [-0.15, -0.1) is 21.5 Å². The Balaban J connectivity index is 2.65. The first-order valence-electron chi connectivity index (χ1n) is 4.42. The van der Waals surface area contributed by atoms with Crippen molar-refractivity contribution in [1.82, 2.24) is 14.9 Å². The van der Waals surface area contributed by atoms with Gasteiger partial charge < -0.3 is 5.43 Å². The largest absolute Gasteiger partial charge is 0.324 e. The molecule has 0 bridgehead atoms. The molecular weight excluding hydrogens is 212 g/mol. The summed E-state index contributed by atoms with van der Waals surface area (Å²) >= 11 is 1.47. The molecule has 2 aromatic rings. The molecule has 0 spiro atoms. The second-order valence-electron chi connectivity index (χ2n) is 2.94. The minimum atomic E-state index is -0.174. The maximum Gasteiger partial charge on any atom is 0.299 e. The highest BCUT2D eigenvalue weighted by Gasteiger charge is 2.10. The molecular formula is C9H10N4OS. The number of aromatic nitrogens is 3. The van der Waals surface area contributed by atoms with Crippen molar-refractivity contribution >= 4 is 11.3 Å². The molecule has 0 fully saturated rings. The highest BCUT2D eigenvalue weighted by atomic mass is 32.1. The third-order valence-corrected chi connectivity index (χ3v) is 2.88. The van der Waals surface area contributed by atoms with E-state index in [9.17, 15) is 4.79 Å². The van der Waals surface area contributed by atoms with Crippen molar-refractivity contribution in [3.63, 3.8) is 0 Å². The van der Waals surface area contributed by atoms with Crippen molar-refractivity contribution in [3.8, 4) is 10.6 Å². The lowest BCUT2D eigenvalue weighted by atomic mass is 10.3. The second-order valence-corrected chi connectivity index (χ2v) is 3.88. The minimum absolute atomic E-state index is 0.174. The van der Waals surface area contributed by atoms with Gasteiger partial charge >= 0.3 is 0 Å². The van der Waals surface area contributed by atoms with Crippen molar-refractivity contribution in [2.45, 2.75) is 6.92 Å². The number of rotatable bonds is 2. The molecule has 2 aromatic heterocycles. The first-order valence-corrected chi connectivity index (χ1v) is 5.30. The van der Waals surface area contributed by atoms with Gasteiger partial charge in [0, 0.05) is 7.05 Å². The average molecular weight is 222 g/mol. The Morgan fingerprint density at radius 2 is 2.27 bits per heavy atom. The Kier molecular flexibility index (Phi) is 2.51. The summed E-state index contributed by atoms with van der Waals surface area (Å²) in [6.07, 6.45) is 0. The molecule has 2 heterocycles. The van der Waals surface area contributed by atoms with Crippen LogP contribution in [0.4, 0.5) is 0 Å². The third kappa shape index (κ3) is 1.63. The van der Waals surface area contributed by atoms with Crippen LogP contribution in [0, 0.1) is 6.92 Å². The lowest BCUT2D eigenvalue weighted by Gasteiger charge is -2.07. The molecule has 15 heavy (non-hydrogen) atoms. The number of aryl methyl sites for hydroxylation is 1. The van der Waals surface area contributed by atoms with E-state index in [1.165, 1.54) is 16.0 Å². The number of thiophene rings is 1. The predicted octanol–water partition coefficient (Wildman–Crippen LogP) is 0.849. The second kappa shape index (κ2) is 3.82. The molecule has 0 saturated heterocycles. The van der Waals surface area contributed by atoms with Crippen molar-refractivity contribution < 1.29 is 0 Å². The SMILES string of the molecule is CNn1c(C)nnc(-c2cccs2)c1=O. The lowest BCUT2D eigenvalue weighted by molar-refractivity contribution is 0.744. The van der Waals surface area contributed by atoms with Gasteiger partial charge in [0.1, 0.15) is 0 Å². The van der Waals surface area contributed by atoms with E-state index < -0.39 is 0 Å². The van der Waals surface area contributed by atoms with Gasteiger partial charge in [-0.1, -0.05) is 6.07 Å². The summed E-state index contributed by atoms with van der Waals surface area (Å²) in [5, 5.41) is 9.74. The van der Waals surface area contributed by atoms with Crippen LogP contribution in [0.3, 0.4) is 0 Å². The Morgan fingerprint density at radius 3 is 2.87 bits per heavy atom. The van der Waals surface area contributed by atoms with Gasteiger partial charge in [-0.25, -0.2) is 4.68 Å². The van der Waals surface area contributed by atoms with Gasteiger partial charge in [-0.05, 0) is 18.4 Å². The molecule has 1 N–H and O–H groups in total. The predicted molar refractivity (Wildman–Crippen MR) is 59.6 cm³/mol. The van der Waals surface area contributed by atoms with Crippen molar-refractivity contribution in [2.24, 2.45) is 0 Å². The highest BCUT2D eigenvalue weighted by molar-refractivity contribution is 7.13. The van der Waals surface area contributed by atoms with Crippen LogP contribution in [0.25, 0.3) is 10.6 Å². The number of nitrogens with one attached hydrogen (secondary N) is 1. The number of hydrogen-bond donors (Lipinski definition) is 1. The van der Waals surface area contributed by atoms with Crippen LogP contribution in [0.5, 0.6) is 0 Å². The van der Waals surface area contributed by atoms with Crippen LogP contribution in [0.1, 0.15) is 5.82 Å². The lowest BCUT2D eigenvalue weighted by Crippen LogP contribution is -2.31. The van der Waals surface area contributed by atoms with Gasteiger partial charge in [-0.3, -0.25) is 4.79 Å². The Labute approximate surface area is 90.4 Å². The Hall–Kier alpha value is -1.69. The summed E-state index contributed by atoms with van der Waals surface area (Å²) in [7, 11) is 1.67. The van der Waals surface area contributed by atoms with Crippen LogP contribution < -0.4 is 11.0 Å². The van der Waals surface area contributed by atoms with Crippen LogP contribution >= 0.6 is 11.3 Å². The van der Waals surface area contributed by atoms with E-state index in [1.54, 1.807) is 14.0 Å². The van der Waals surface area contributed by atoms with Gasteiger partial charge in [-0.2, -0.15) is 0 Å². The Bertz CT molecular complexity index is 517. The fourth-order valence-corrected chi connectivity index (χ4v) is 1.99. The number of nitrogens with zero attached hydrogens (tertiary/aromatic N) is 3. The monoisotopic (exact) mass is 222 g/mol. The Morgan fingerprint density at radius 1 is 1.47 bits per heavy atom. The van der Waals surface area contributed by atoms with Crippen LogP contribution in [0.2, 0.25) is 0 Å². The molecule has 0 saturated carbocycles. The van der Waals surface area contributed by atoms with Crippen molar-refractivity contribution in [1.29, 1.82) is 0 Å². The zero-order valence-electron chi connectivity index (χ0n) is 8.39. The normalized spacial score (nSPS) is 10.3. The van der Waals surface area contributed by atoms with E-state index in [4.69, 9.17) is 0 Å². The molecule has 78 valence electrons. The quantitative estimate of drug-likeness (QED) is 0.818. The van der Waals surface area contributed by atoms with Gasteiger partial charge in [0.2, 0.25) is 0 Å². The maximum absolute atomic E-state index is 11.9. The first-order chi connectivity index (χ1) is 7.24. The van der Waals surface area contributed by atoms with E-state index in [-0.39, 0.29) is 5.56 Å². The molecule has 0 amide bonds. The molecule has 0 aromatic carbocycles. The van der Waals surface area contributed by atoms with E-state index in [1.807, 2.05) is 17.5 Å². The molecule has 0 unspecified atom stereocenters. The molecule has 0 atom stereocenters. The fourth-order valence-electron chi connectivity index (χ4n) is 1.29. The standard InChI is InChI=1S/C9H10N4OS/c1-6-11-12-8(7-4-3-5-15-7)9(14)13(6)10-2/h3-5,10H,1-2H3. The summed E-state index contributed by atoms with van der Waals surface area (Å²) < 4.78 is 1.38. The van der Waals surface area contributed by atoms with Crippen molar-refractivity contribution in [2.75, 3.05) is 12.5 Å². The number of hydrogen-bond acceptors (Lipinski definition) is 5. The van der Waals surface area contributed by atoms with Crippen LogP contribution in [-0.2, 0) is 0 Å². The molecule has 2 rings (SSSR count). The maximum atomic E-state index is 11.9. The van der Waals surface area contributed by atoms with E-state index >= 15 is 0 Å². The van der Waals surface area contributed by atoms with E-state index in [0.29, 0.717) is 11.5 Å². The molecule has 0 aliphatic rings. The topological polar surface area (TPSA) is 59.8 Å². The van der Waals surface area contributed by atoms with Gasteiger partial charge in [0.15, 0.2) is 11.5 Å².